The van der Waals surface area contributed by atoms with Gasteiger partial charge in [-0.1, -0.05) is 36.4 Å². The van der Waals surface area contributed by atoms with Crippen LogP contribution in [0, 0.1) is 17.2 Å². The van der Waals surface area contributed by atoms with Crippen LogP contribution in [0.25, 0.3) is 11.1 Å². The maximum Gasteiger partial charge on any atom is 0.254 e. The molecule has 2 aromatic carbocycles. The molecule has 1 amide bonds. The zero-order chi connectivity index (χ0) is 22.0. The van der Waals surface area contributed by atoms with Gasteiger partial charge in [0.2, 0.25) is 0 Å². The fourth-order valence-electron chi connectivity index (χ4n) is 4.35. The Kier molecular flexibility index (Phi) is 5.90. The Balaban J connectivity index is 1.43. The van der Waals surface area contributed by atoms with E-state index in [9.17, 15) is 14.9 Å². The minimum absolute atomic E-state index is 0.0493. The van der Waals surface area contributed by atoms with Crippen molar-refractivity contribution in [3.05, 3.63) is 59.2 Å². The molecule has 0 saturated carbocycles. The highest BCUT2D eigenvalue weighted by molar-refractivity contribution is 5.99. The summed E-state index contributed by atoms with van der Waals surface area (Å²) < 4.78 is 5.31. The Bertz CT molecular complexity index is 1030. The first-order valence-corrected chi connectivity index (χ1v) is 10.7. The number of amides is 1. The monoisotopic (exact) mass is 417 g/mol. The quantitative estimate of drug-likeness (QED) is 0.779. The van der Waals surface area contributed by atoms with Gasteiger partial charge in [-0.05, 0) is 47.6 Å². The van der Waals surface area contributed by atoms with Crippen molar-refractivity contribution in [2.75, 3.05) is 20.3 Å². The van der Waals surface area contributed by atoms with E-state index in [1.54, 1.807) is 4.90 Å². The zero-order valence-electron chi connectivity index (χ0n) is 17.8. The molecule has 2 aliphatic heterocycles. The largest absolute Gasteiger partial charge is 0.381 e. The average Bonchev–Trinajstić information content (AvgIpc) is 3.07. The number of Topliss-reactive ketones (excluding diaryl/α,β-unsaturated/α-hetero) is 1. The highest BCUT2D eigenvalue weighted by atomic mass is 16.5. The first kappa shape index (κ1) is 21.2. The topological polar surface area (TPSA) is 96.4 Å². The summed E-state index contributed by atoms with van der Waals surface area (Å²) in [4.78, 5) is 26.7. The molecule has 0 aliphatic carbocycles. The van der Waals surface area contributed by atoms with E-state index in [0.717, 1.165) is 27.8 Å². The summed E-state index contributed by atoms with van der Waals surface area (Å²) in [7, 11) is 1.81. The summed E-state index contributed by atoms with van der Waals surface area (Å²) in [5.74, 6) is -0.404. The van der Waals surface area contributed by atoms with Crippen LogP contribution in [0.2, 0.25) is 0 Å². The minimum atomic E-state index is -0.865. The van der Waals surface area contributed by atoms with Gasteiger partial charge in [0, 0.05) is 38.8 Å². The third kappa shape index (κ3) is 4.39. The fraction of sp³-hybridized carbons (Fsp3) is 0.400. The Morgan fingerprint density at radius 2 is 1.87 bits per heavy atom. The van der Waals surface area contributed by atoms with Gasteiger partial charge >= 0.3 is 0 Å². The SMILES string of the molecule is CN1Cc2ccc(-c3ccc(C[C@@H](C#N)CC(=O)C4(N)CCOCC4)cc3)cc2C1=O. The Morgan fingerprint density at radius 3 is 2.55 bits per heavy atom. The molecule has 160 valence electrons. The first-order valence-electron chi connectivity index (χ1n) is 10.7. The molecule has 6 nitrogen and oxygen atoms in total. The number of nitrogens with zero attached hydrogens (tertiary/aromatic N) is 2. The molecule has 4 rings (SSSR count). The molecule has 1 atom stereocenters. The van der Waals surface area contributed by atoms with Gasteiger partial charge < -0.3 is 15.4 Å². The number of fused-ring (bicyclic) bond motifs is 1. The highest BCUT2D eigenvalue weighted by Crippen LogP contribution is 2.29. The van der Waals surface area contributed by atoms with Gasteiger partial charge in [-0.3, -0.25) is 9.59 Å². The molecule has 2 aromatic rings. The number of ether oxygens (including phenoxy) is 1. The molecule has 0 spiro atoms. The summed E-state index contributed by atoms with van der Waals surface area (Å²) in [5, 5.41) is 9.58. The summed E-state index contributed by atoms with van der Waals surface area (Å²) in [5.41, 5.74) is 10.2. The van der Waals surface area contributed by atoms with E-state index in [1.807, 2.05) is 49.5 Å². The normalized spacial score (nSPS) is 18.4. The van der Waals surface area contributed by atoms with Crippen LogP contribution < -0.4 is 5.73 Å². The number of nitrogens with two attached hydrogens (primary N) is 1. The lowest BCUT2D eigenvalue weighted by molar-refractivity contribution is -0.128. The number of benzene rings is 2. The van der Waals surface area contributed by atoms with Gasteiger partial charge in [-0.15, -0.1) is 0 Å². The van der Waals surface area contributed by atoms with Crippen molar-refractivity contribution >= 4 is 11.7 Å². The van der Waals surface area contributed by atoms with Gasteiger partial charge in [0.15, 0.2) is 5.78 Å². The number of carbonyl (C=O) groups excluding carboxylic acids is 2. The van der Waals surface area contributed by atoms with Crippen molar-refractivity contribution in [3.63, 3.8) is 0 Å². The maximum atomic E-state index is 12.7. The smallest absolute Gasteiger partial charge is 0.254 e. The number of nitriles is 1. The molecule has 0 unspecified atom stereocenters. The van der Waals surface area contributed by atoms with Crippen molar-refractivity contribution < 1.29 is 14.3 Å². The van der Waals surface area contributed by atoms with Crippen molar-refractivity contribution in [3.8, 4) is 17.2 Å². The van der Waals surface area contributed by atoms with E-state index in [1.165, 1.54) is 0 Å². The molecule has 31 heavy (non-hydrogen) atoms. The summed E-state index contributed by atoms with van der Waals surface area (Å²) in [6.45, 7) is 1.63. The summed E-state index contributed by atoms with van der Waals surface area (Å²) in [6.07, 6.45) is 1.69. The number of carbonyl (C=O) groups is 2. The number of rotatable bonds is 6. The van der Waals surface area contributed by atoms with Crippen LogP contribution in [0.4, 0.5) is 0 Å². The second-order valence-electron chi connectivity index (χ2n) is 8.66. The lowest BCUT2D eigenvalue weighted by Gasteiger charge is -2.32. The molecule has 2 heterocycles. The van der Waals surface area contributed by atoms with Gasteiger partial charge in [-0.25, -0.2) is 0 Å². The van der Waals surface area contributed by atoms with E-state index < -0.39 is 11.5 Å². The number of hydrogen-bond donors (Lipinski definition) is 1. The highest BCUT2D eigenvalue weighted by Gasteiger charge is 2.36. The van der Waals surface area contributed by atoms with Crippen molar-refractivity contribution in [1.29, 1.82) is 5.26 Å². The molecular weight excluding hydrogens is 390 g/mol. The molecular formula is C25H27N3O3. The maximum absolute atomic E-state index is 12.7. The molecule has 0 bridgehead atoms. The first-order chi connectivity index (χ1) is 14.9. The average molecular weight is 418 g/mol. The van der Waals surface area contributed by atoms with E-state index in [2.05, 4.69) is 6.07 Å². The number of hydrogen-bond acceptors (Lipinski definition) is 5. The molecule has 1 saturated heterocycles. The minimum Gasteiger partial charge on any atom is -0.381 e. The van der Waals surface area contributed by atoms with E-state index in [0.29, 0.717) is 39.0 Å². The van der Waals surface area contributed by atoms with E-state index in [4.69, 9.17) is 10.5 Å². The van der Waals surface area contributed by atoms with Crippen LogP contribution in [-0.2, 0) is 22.5 Å². The standard InChI is InChI=1S/C25H27N3O3/c1-28-16-21-7-6-20(14-22(21)24(28)30)19-4-2-17(3-5-19)12-18(15-26)13-23(29)25(27)8-10-31-11-9-25/h2-7,14,18H,8-13,16,27H2,1H3/t18-/m1/s1. The lowest BCUT2D eigenvalue weighted by Crippen LogP contribution is -2.52. The van der Waals surface area contributed by atoms with Gasteiger partial charge in [0.1, 0.15) is 0 Å². The molecule has 2 aliphatic rings. The molecule has 0 radical (unpaired) electrons. The molecule has 0 aromatic heterocycles. The van der Waals surface area contributed by atoms with Gasteiger partial charge in [0.05, 0.1) is 17.5 Å². The van der Waals surface area contributed by atoms with Crippen molar-refractivity contribution in [2.24, 2.45) is 11.7 Å². The third-order valence-electron chi connectivity index (χ3n) is 6.42. The van der Waals surface area contributed by atoms with Crippen molar-refractivity contribution in [2.45, 2.75) is 37.8 Å². The van der Waals surface area contributed by atoms with E-state index >= 15 is 0 Å². The van der Waals surface area contributed by atoms with Crippen LogP contribution in [0.3, 0.4) is 0 Å². The van der Waals surface area contributed by atoms with Crippen LogP contribution in [-0.4, -0.2) is 42.4 Å². The van der Waals surface area contributed by atoms with Crippen LogP contribution in [0.5, 0.6) is 0 Å². The predicted molar refractivity (Wildman–Crippen MR) is 117 cm³/mol. The third-order valence-corrected chi connectivity index (χ3v) is 6.42. The Hall–Kier alpha value is -3.01. The second-order valence-corrected chi connectivity index (χ2v) is 8.66. The van der Waals surface area contributed by atoms with Crippen molar-refractivity contribution in [1.82, 2.24) is 4.90 Å². The molecule has 6 heteroatoms. The van der Waals surface area contributed by atoms with E-state index in [-0.39, 0.29) is 18.1 Å². The zero-order valence-corrected chi connectivity index (χ0v) is 17.8. The lowest BCUT2D eigenvalue weighted by atomic mass is 9.81. The number of ketones is 1. The summed E-state index contributed by atoms with van der Waals surface area (Å²) in [6, 6.07) is 16.2. The van der Waals surface area contributed by atoms with Crippen LogP contribution >= 0.6 is 0 Å². The predicted octanol–water partition coefficient (Wildman–Crippen LogP) is 3.09. The van der Waals surface area contributed by atoms with Gasteiger partial charge in [-0.2, -0.15) is 5.26 Å². The summed E-state index contributed by atoms with van der Waals surface area (Å²) >= 11 is 0. The van der Waals surface area contributed by atoms with Gasteiger partial charge in [0.25, 0.3) is 5.91 Å². The second kappa shape index (κ2) is 8.62. The van der Waals surface area contributed by atoms with Crippen LogP contribution in [0.15, 0.2) is 42.5 Å². The molecule has 1 fully saturated rings. The molecule has 2 N–H and O–H groups in total. The fourth-order valence-corrected chi connectivity index (χ4v) is 4.35. The van der Waals surface area contributed by atoms with Crippen LogP contribution in [0.1, 0.15) is 40.7 Å². The Labute approximate surface area is 182 Å². The Morgan fingerprint density at radius 1 is 1.19 bits per heavy atom.